The fraction of sp³-hybridized carbons (Fsp3) is 0.400. The van der Waals surface area contributed by atoms with Crippen molar-refractivity contribution in [3.8, 4) is 0 Å². The van der Waals surface area contributed by atoms with E-state index >= 15 is 0 Å². The Hall–Kier alpha value is -1.02. The predicted molar refractivity (Wildman–Crippen MR) is 48.9 cm³/mol. The van der Waals surface area contributed by atoms with Gasteiger partial charge in [-0.2, -0.15) is 0 Å². The van der Waals surface area contributed by atoms with Gasteiger partial charge in [-0.3, -0.25) is 0 Å². The molecule has 1 heterocycles. The maximum absolute atomic E-state index is 5.81. The summed E-state index contributed by atoms with van der Waals surface area (Å²) in [6, 6.07) is 8.05. The van der Waals surface area contributed by atoms with Gasteiger partial charge in [0.2, 0.25) is 0 Å². The van der Waals surface area contributed by atoms with Crippen LogP contribution in [0.1, 0.15) is 5.56 Å². The Kier molecular flexibility index (Phi) is 2.00. The van der Waals surface area contributed by atoms with E-state index < -0.39 is 0 Å². The lowest BCUT2D eigenvalue weighted by Crippen LogP contribution is -2.29. The smallest absolute Gasteiger partial charge is 0.0519 e. The van der Waals surface area contributed by atoms with Crippen molar-refractivity contribution in [2.45, 2.75) is 6.42 Å². The third-order valence-electron chi connectivity index (χ3n) is 2.27. The molecule has 0 amide bonds. The van der Waals surface area contributed by atoms with Crippen molar-refractivity contribution >= 4 is 5.69 Å². The molecule has 0 atom stereocenters. The fourth-order valence-electron chi connectivity index (χ4n) is 1.43. The van der Waals surface area contributed by atoms with Crippen molar-refractivity contribution in [1.82, 2.24) is 0 Å². The number of nitrogens with two attached hydrogens (primary N) is 1. The van der Waals surface area contributed by atoms with Crippen LogP contribution in [0.2, 0.25) is 0 Å². The van der Waals surface area contributed by atoms with E-state index in [0.717, 1.165) is 25.3 Å². The van der Waals surface area contributed by atoms with E-state index in [9.17, 15) is 0 Å². The van der Waals surface area contributed by atoms with Crippen LogP contribution in [-0.4, -0.2) is 13.2 Å². The quantitative estimate of drug-likeness (QED) is 0.670. The molecule has 1 saturated heterocycles. The molecule has 0 spiro atoms. The highest BCUT2D eigenvalue weighted by atomic mass is 16.5. The molecule has 1 aromatic carbocycles. The van der Waals surface area contributed by atoms with E-state index in [0.29, 0.717) is 5.92 Å². The average Bonchev–Trinajstić information content (AvgIpc) is 2.00. The summed E-state index contributed by atoms with van der Waals surface area (Å²) in [5, 5.41) is 0. The van der Waals surface area contributed by atoms with Gasteiger partial charge in [-0.15, -0.1) is 0 Å². The van der Waals surface area contributed by atoms with Gasteiger partial charge in [0.05, 0.1) is 13.2 Å². The Morgan fingerprint density at radius 3 is 2.67 bits per heavy atom. The Morgan fingerprint density at radius 2 is 2.08 bits per heavy atom. The van der Waals surface area contributed by atoms with Crippen LogP contribution < -0.4 is 5.73 Å². The third-order valence-corrected chi connectivity index (χ3v) is 2.27. The molecule has 1 aromatic rings. The van der Waals surface area contributed by atoms with Crippen molar-refractivity contribution in [2.75, 3.05) is 18.9 Å². The average molecular weight is 163 g/mol. The standard InChI is InChI=1S/C10H13NO/c11-10-4-2-1-3-9(10)5-8-6-12-7-8/h1-4,8H,5-7,11H2. The maximum atomic E-state index is 5.81. The summed E-state index contributed by atoms with van der Waals surface area (Å²) in [5.74, 6) is 0.690. The number of para-hydroxylation sites is 1. The first-order valence-corrected chi connectivity index (χ1v) is 4.27. The van der Waals surface area contributed by atoms with E-state index in [2.05, 4.69) is 6.07 Å². The Balaban J connectivity index is 2.06. The van der Waals surface area contributed by atoms with Crippen LogP contribution >= 0.6 is 0 Å². The molecule has 2 heteroatoms. The number of nitrogen functional groups attached to an aromatic ring is 1. The summed E-state index contributed by atoms with van der Waals surface area (Å²) in [7, 11) is 0. The van der Waals surface area contributed by atoms with Gasteiger partial charge in [-0.25, -0.2) is 0 Å². The van der Waals surface area contributed by atoms with Crippen LogP contribution in [-0.2, 0) is 11.2 Å². The van der Waals surface area contributed by atoms with Gasteiger partial charge in [0.25, 0.3) is 0 Å². The summed E-state index contributed by atoms with van der Waals surface area (Å²) >= 11 is 0. The lowest BCUT2D eigenvalue weighted by Gasteiger charge is -2.26. The minimum Gasteiger partial charge on any atom is -0.399 e. The number of rotatable bonds is 2. The molecule has 0 radical (unpaired) electrons. The van der Waals surface area contributed by atoms with E-state index in [1.807, 2.05) is 18.2 Å². The minimum absolute atomic E-state index is 0.690. The van der Waals surface area contributed by atoms with Crippen molar-refractivity contribution < 1.29 is 4.74 Å². The summed E-state index contributed by atoms with van der Waals surface area (Å²) in [6.07, 6.45) is 1.06. The number of ether oxygens (including phenoxy) is 1. The molecule has 1 aliphatic rings. The van der Waals surface area contributed by atoms with Crippen LogP contribution in [0.15, 0.2) is 24.3 Å². The van der Waals surface area contributed by atoms with Gasteiger partial charge in [-0.05, 0) is 18.1 Å². The number of anilines is 1. The first-order valence-electron chi connectivity index (χ1n) is 4.27. The highest BCUT2D eigenvalue weighted by Gasteiger charge is 2.19. The Labute approximate surface area is 72.3 Å². The molecule has 0 unspecified atom stereocenters. The molecule has 0 bridgehead atoms. The SMILES string of the molecule is Nc1ccccc1CC1COC1. The van der Waals surface area contributed by atoms with Crippen LogP contribution in [0.5, 0.6) is 0 Å². The molecule has 64 valence electrons. The first-order chi connectivity index (χ1) is 5.86. The van der Waals surface area contributed by atoms with Crippen molar-refractivity contribution in [2.24, 2.45) is 5.92 Å². The normalized spacial score (nSPS) is 17.3. The molecule has 2 rings (SSSR count). The molecule has 1 aliphatic heterocycles. The zero-order valence-corrected chi connectivity index (χ0v) is 6.99. The zero-order valence-electron chi connectivity index (χ0n) is 6.99. The highest BCUT2D eigenvalue weighted by Crippen LogP contribution is 2.20. The second-order valence-corrected chi connectivity index (χ2v) is 3.31. The molecule has 0 aromatic heterocycles. The number of hydrogen-bond donors (Lipinski definition) is 1. The number of hydrogen-bond acceptors (Lipinski definition) is 2. The van der Waals surface area contributed by atoms with Gasteiger partial charge >= 0.3 is 0 Å². The molecule has 0 saturated carbocycles. The van der Waals surface area contributed by atoms with Gasteiger partial charge in [0.1, 0.15) is 0 Å². The van der Waals surface area contributed by atoms with Crippen molar-refractivity contribution in [3.63, 3.8) is 0 Å². The highest BCUT2D eigenvalue weighted by molar-refractivity contribution is 5.46. The van der Waals surface area contributed by atoms with Gasteiger partial charge < -0.3 is 10.5 Å². The fourth-order valence-corrected chi connectivity index (χ4v) is 1.43. The second-order valence-electron chi connectivity index (χ2n) is 3.31. The molecule has 12 heavy (non-hydrogen) atoms. The Bertz CT molecular complexity index is 268. The lowest BCUT2D eigenvalue weighted by molar-refractivity contribution is -0.0311. The summed E-state index contributed by atoms with van der Waals surface area (Å²) < 4.78 is 5.11. The minimum atomic E-state index is 0.690. The first kappa shape index (κ1) is 7.62. The van der Waals surface area contributed by atoms with Crippen LogP contribution in [0.3, 0.4) is 0 Å². The van der Waals surface area contributed by atoms with Crippen molar-refractivity contribution in [1.29, 1.82) is 0 Å². The molecule has 2 N–H and O–H groups in total. The molecular formula is C10H13NO. The summed E-state index contributed by atoms with van der Waals surface area (Å²) in [5.41, 5.74) is 7.97. The summed E-state index contributed by atoms with van der Waals surface area (Å²) in [4.78, 5) is 0. The van der Waals surface area contributed by atoms with E-state index in [1.54, 1.807) is 0 Å². The Morgan fingerprint density at radius 1 is 1.33 bits per heavy atom. The van der Waals surface area contributed by atoms with Crippen LogP contribution in [0.4, 0.5) is 5.69 Å². The zero-order chi connectivity index (χ0) is 8.39. The third kappa shape index (κ3) is 1.43. The molecule has 1 fully saturated rings. The molecule has 0 aliphatic carbocycles. The lowest BCUT2D eigenvalue weighted by atomic mass is 9.97. The van der Waals surface area contributed by atoms with Gasteiger partial charge in [0.15, 0.2) is 0 Å². The number of benzene rings is 1. The second kappa shape index (κ2) is 3.15. The molecular weight excluding hydrogens is 150 g/mol. The summed E-state index contributed by atoms with van der Waals surface area (Å²) in [6.45, 7) is 1.79. The van der Waals surface area contributed by atoms with E-state index in [-0.39, 0.29) is 0 Å². The monoisotopic (exact) mass is 163 g/mol. The van der Waals surface area contributed by atoms with E-state index in [1.165, 1.54) is 5.56 Å². The predicted octanol–water partition coefficient (Wildman–Crippen LogP) is 1.46. The van der Waals surface area contributed by atoms with E-state index in [4.69, 9.17) is 10.5 Å². The van der Waals surface area contributed by atoms with Crippen LogP contribution in [0, 0.1) is 5.92 Å². The van der Waals surface area contributed by atoms with Crippen molar-refractivity contribution in [3.05, 3.63) is 29.8 Å². The van der Waals surface area contributed by atoms with Gasteiger partial charge in [-0.1, -0.05) is 18.2 Å². The topological polar surface area (TPSA) is 35.2 Å². The van der Waals surface area contributed by atoms with Crippen LogP contribution in [0.25, 0.3) is 0 Å². The largest absolute Gasteiger partial charge is 0.399 e. The van der Waals surface area contributed by atoms with Gasteiger partial charge in [0, 0.05) is 11.6 Å². The molecule has 2 nitrogen and oxygen atoms in total. The maximum Gasteiger partial charge on any atom is 0.0519 e.